The monoisotopic (exact) mass is 340 g/mol. The Labute approximate surface area is 146 Å². The van der Waals surface area contributed by atoms with Crippen LogP contribution in [0.3, 0.4) is 0 Å². The molecular weight excluding hydrogens is 319 g/mol. The molecule has 1 aromatic carbocycles. The van der Waals surface area contributed by atoms with Crippen molar-refractivity contribution in [1.29, 1.82) is 0 Å². The predicted molar refractivity (Wildman–Crippen MR) is 93.8 cm³/mol. The summed E-state index contributed by atoms with van der Waals surface area (Å²) in [6, 6.07) is 10.8. The number of nitrogens with zero attached hydrogens (tertiary/aromatic N) is 2. The van der Waals surface area contributed by atoms with Crippen molar-refractivity contribution < 1.29 is 14.3 Å². The Hall–Kier alpha value is -2.53. The predicted octanol–water partition coefficient (Wildman–Crippen LogP) is 3.03. The number of aromatic nitrogens is 1. The molecule has 130 valence electrons. The van der Waals surface area contributed by atoms with Crippen LogP contribution in [0.5, 0.6) is 0 Å². The van der Waals surface area contributed by atoms with Crippen LogP contribution in [-0.2, 0) is 11.3 Å². The molecule has 1 heterocycles. The Morgan fingerprint density at radius 1 is 1.32 bits per heavy atom. The first-order valence-corrected chi connectivity index (χ1v) is 8.41. The third kappa shape index (κ3) is 4.73. The Bertz CT molecular complexity index is 744. The highest BCUT2D eigenvalue weighted by atomic mass is 19.1. The van der Waals surface area contributed by atoms with E-state index in [1.54, 1.807) is 11.0 Å². The second-order valence-electron chi connectivity index (χ2n) is 6.31. The average Bonchev–Trinajstić information content (AvgIpc) is 3.45. The molecule has 1 unspecified atom stereocenters. The largest absolute Gasteiger partial charge is 0.394 e. The van der Waals surface area contributed by atoms with E-state index in [0.29, 0.717) is 18.0 Å². The Morgan fingerprint density at radius 3 is 2.72 bits per heavy atom. The minimum atomic E-state index is -0.443. The molecule has 3 rings (SSSR count). The summed E-state index contributed by atoms with van der Waals surface area (Å²) in [5.41, 5.74) is 1.54. The molecule has 1 atom stereocenters. The molecule has 0 bridgehead atoms. The Balaban J connectivity index is 1.78. The van der Waals surface area contributed by atoms with Gasteiger partial charge in [0.25, 0.3) is 0 Å². The van der Waals surface area contributed by atoms with Gasteiger partial charge in [-0.15, -0.1) is 0 Å². The molecule has 0 saturated heterocycles. The first-order valence-electron chi connectivity index (χ1n) is 8.41. The van der Waals surface area contributed by atoms with Gasteiger partial charge in [0.1, 0.15) is 5.82 Å². The van der Waals surface area contributed by atoms with Gasteiger partial charge in [-0.2, -0.15) is 0 Å². The highest BCUT2D eigenvalue weighted by Crippen LogP contribution is 2.36. The number of carbonyl (C=O) groups is 1. The zero-order valence-corrected chi connectivity index (χ0v) is 13.9. The number of hydrogen-bond donors (Lipinski definition) is 1. The van der Waals surface area contributed by atoms with E-state index < -0.39 is 5.82 Å². The number of aliphatic hydroxyl groups excluding tert-OH is 1. The quantitative estimate of drug-likeness (QED) is 0.788. The van der Waals surface area contributed by atoms with Crippen LogP contribution in [0.25, 0.3) is 6.08 Å². The van der Waals surface area contributed by atoms with Crippen molar-refractivity contribution in [2.45, 2.75) is 25.4 Å². The molecule has 1 saturated carbocycles. The lowest BCUT2D eigenvalue weighted by Gasteiger charge is -2.30. The van der Waals surface area contributed by atoms with E-state index in [0.717, 1.165) is 24.6 Å². The van der Waals surface area contributed by atoms with Crippen LogP contribution in [0.2, 0.25) is 0 Å². The molecule has 1 aliphatic rings. The second-order valence-corrected chi connectivity index (χ2v) is 6.31. The Morgan fingerprint density at radius 2 is 2.08 bits per heavy atom. The number of benzene rings is 1. The molecule has 1 fully saturated rings. The molecule has 4 nitrogen and oxygen atoms in total. The van der Waals surface area contributed by atoms with Crippen molar-refractivity contribution in [2.24, 2.45) is 5.92 Å². The lowest BCUT2D eigenvalue weighted by atomic mass is 10.1. The zero-order chi connectivity index (χ0) is 17.6. The van der Waals surface area contributed by atoms with E-state index in [4.69, 9.17) is 0 Å². The van der Waals surface area contributed by atoms with E-state index in [-0.39, 0.29) is 18.6 Å². The molecule has 5 heteroatoms. The number of amides is 1. The fourth-order valence-electron chi connectivity index (χ4n) is 2.90. The van der Waals surface area contributed by atoms with Crippen LogP contribution in [0.4, 0.5) is 4.39 Å². The molecule has 1 aliphatic carbocycles. The first-order chi connectivity index (χ1) is 12.2. The lowest BCUT2D eigenvalue weighted by molar-refractivity contribution is -0.130. The Kier molecular flexibility index (Phi) is 5.56. The van der Waals surface area contributed by atoms with Crippen molar-refractivity contribution in [1.82, 2.24) is 9.88 Å². The van der Waals surface area contributed by atoms with Crippen molar-refractivity contribution in [2.75, 3.05) is 6.61 Å². The zero-order valence-electron chi connectivity index (χ0n) is 13.9. The molecule has 0 radical (unpaired) electrons. The molecule has 0 spiro atoms. The number of halogens is 1. The number of carbonyl (C=O) groups excluding carboxylic acids is 1. The highest BCUT2D eigenvalue weighted by molar-refractivity contribution is 5.92. The van der Waals surface area contributed by atoms with Crippen LogP contribution in [0.15, 0.2) is 54.9 Å². The van der Waals surface area contributed by atoms with E-state index in [9.17, 15) is 14.3 Å². The van der Waals surface area contributed by atoms with Crippen LogP contribution in [0.1, 0.15) is 24.0 Å². The van der Waals surface area contributed by atoms with E-state index >= 15 is 0 Å². The van der Waals surface area contributed by atoms with Crippen LogP contribution in [0, 0.1) is 11.7 Å². The smallest absolute Gasteiger partial charge is 0.247 e. The summed E-state index contributed by atoms with van der Waals surface area (Å²) in [5, 5.41) is 9.78. The van der Waals surface area contributed by atoms with Crippen LogP contribution in [-0.4, -0.2) is 33.5 Å². The van der Waals surface area contributed by atoms with E-state index in [1.807, 2.05) is 30.3 Å². The summed E-state index contributed by atoms with van der Waals surface area (Å²) in [4.78, 5) is 18.2. The number of hydrogen-bond acceptors (Lipinski definition) is 3. The fourth-order valence-corrected chi connectivity index (χ4v) is 2.90. The van der Waals surface area contributed by atoms with Gasteiger partial charge in [0, 0.05) is 18.8 Å². The summed E-state index contributed by atoms with van der Waals surface area (Å²) in [5.74, 6) is -0.289. The van der Waals surface area contributed by atoms with Crippen molar-refractivity contribution >= 4 is 12.0 Å². The van der Waals surface area contributed by atoms with Gasteiger partial charge in [-0.25, -0.2) is 4.39 Å². The van der Waals surface area contributed by atoms with Gasteiger partial charge in [0.15, 0.2) is 0 Å². The summed E-state index contributed by atoms with van der Waals surface area (Å²) < 4.78 is 13.2. The topological polar surface area (TPSA) is 53.4 Å². The molecule has 1 amide bonds. The normalized spacial score (nSPS) is 15.3. The minimum Gasteiger partial charge on any atom is -0.394 e. The van der Waals surface area contributed by atoms with E-state index in [1.165, 1.54) is 18.3 Å². The van der Waals surface area contributed by atoms with Gasteiger partial charge < -0.3 is 10.0 Å². The standard InChI is InChI=1S/C20H21FN2O2/c21-18-10-16(11-22-12-18)6-9-20(25)23(19(14-24)17-7-8-17)13-15-4-2-1-3-5-15/h1-6,9-12,17,19,24H,7-8,13-14H2/b9-6+. The van der Waals surface area contributed by atoms with E-state index in [2.05, 4.69) is 4.98 Å². The van der Waals surface area contributed by atoms with Crippen molar-refractivity contribution in [3.8, 4) is 0 Å². The molecule has 2 aromatic rings. The molecule has 1 N–H and O–H groups in total. The summed E-state index contributed by atoms with van der Waals surface area (Å²) in [6.07, 6.45) is 7.65. The molecular formula is C20H21FN2O2. The fraction of sp³-hybridized carbons (Fsp3) is 0.300. The summed E-state index contributed by atoms with van der Waals surface area (Å²) >= 11 is 0. The van der Waals surface area contributed by atoms with Crippen molar-refractivity contribution in [3.63, 3.8) is 0 Å². The minimum absolute atomic E-state index is 0.0569. The number of pyridine rings is 1. The van der Waals surface area contributed by atoms with Gasteiger partial charge in [0.2, 0.25) is 5.91 Å². The summed E-state index contributed by atoms with van der Waals surface area (Å²) in [6.45, 7) is 0.381. The first kappa shape index (κ1) is 17.3. The maximum absolute atomic E-state index is 13.2. The van der Waals surface area contributed by atoms with Gasteiger partial charge in [-0.1, -0.05) is 30.3 Å². The molecule has 1 aromatic heterocycles. The van der Waals surface area contributed by atoms with Gasteiger partial charge >= 0.3 is 0 Å². The van der Waals surface area contributed by atoms with Crippen LogP contribution >= 0.6 is 0 Å². The molecule has 0 aliphatic heterocycles. The number of aliphatic hydroxyl groups is 1. The summed E-state index contributed by atoms with van der Waals surface area (Å²) in [7, 11) is 0. The van der Waals surface area contributed by atoms with Crippen LogP contribution < -0.4 is 0 Å². The third-order valence-electron chi connectivity index (χ3n) is 4.38. The molecule has 25 heavy (non-hydrogen) atoms. The van der Waals surface area contributed by atoms with Crippen molar-refractivity contribution in [3.05, 3.63) is 71.8 Å². The lowest BCUT2D eigenvalue weighted by Crippen LogP contribution is -2.42. The highest BCUT2D eigenvalue weighted by Gasteiger charge is 2.36. The maximum Gasteiger partial charge on any atom is 0.247 e. The SMILES string of the molecule is O=C(/C=C/c1cncc(F)c1)N(Cc1ccccc1)C(CO)C1CC1. The third-order valence-corrected chi connectivity index (χ3v) is 4.38. The van der Waals surface area contributed by atoms with Gasteiger partial charge in [-0.3, -0.25) is 9.78 Å². The number of rotatable bonds is 7. The van der Waals surface area contributed by atoms with Gasteiger partial charge in [0.05, 0.1) is 18.8 Å². The average molecular weight is 340 g/mol. The van der Waals surface area contributed by atoms with Gasteiger partial charge in [-0.05, 0) is 42.0 Å². The second kappa shape index (κ2) is 8.03. The maximum atomic E-state index is 13.2.